The van der Waals surface area contributed by atoms with Crippen LogP contribution < -0.4 is 0 Å². The Kier molecular flexibility index (Phi) is 6.58. The number of carboxylic acid groups (broad SMARTS) is 1. The van der Waals surface area contributed by atoms with Gasteiger partial charge in [0.05, 0.1) is 5.92 Å². The lowest BCUT2D eigenvalue weighted by Crippen LogP contribution is -2.41. The van der Waals surface area contributed by atoms with Gasteiger partial charge in [0.25, 0.3) is 5.91 Å². The number of nitriles is 1. The molecule has 2 rings (SSSR count). The Hall–Kier alpha value is -2.81. The average Bonchev–Trinajstić information content (AvgIpc) is 2.65. The van der Waals surface area contributed by atoms with Gasteiger partial charge in [-0.15, -0.1) is 0 Å². The van der Waals surface area contributed by atoms with E-state index in [0.717, 1.165) is 5.56 Å². The van der Waals surface area contributed by atoms with Crippen LogP contribution in [0.4, 0.5) is 0 Å². The number of nitrogens with zero attached hydrogens (tertiary/aromatic N) is 3. The zero-order valence-corrected chi connectivity index (χ0v) is 14.4. The number of benzene rings is 1. The number of piperidine rings is 1. The number of amides is 1. The lowest BCUT2D eigenvalue weighted by molar-refractivity contribution is -0.145. The maximum atomic E-state index is 12.6. The zero-order chi connectivity index (χ0) is 18.2. The normalized spacial score (nSPS) is 15.5. The molecule has 1 saturated heterocycles. The lowest BCUT2D eigenvalue weighted by atomic mass is 9.97. The lowest BCUT2D eigenvalue weighted by Gasteiger charge is -2.30. The summed E-state index contributed by atoms with van der Waals surface area (Å²) in [5, 5.41) is 18.4. The van der Waals surface area contributed by atoms with Gasteiger partial charge in [-0.25, -0.2) is 0 Å². The van der Waals surface area contributed by atoms with Crippen LogP contribution in [0, 0.1) is 17.2 Å². The number of carbonyl (C=O) groups excluding carboxylic acids is 1. The van der Waals surface area contributed by atoms with Crippen LogP contribution >= 0.6 is 0 Å². The smallest absolute Gasteiger partial charge is 0.306 e. The van der Waals surface area contributed by atoms with E-state index in [1.807, 2.05) is 48.2 Å². The molecule has 0 unspecified atom stereocenters. The predicted octanol–water partition coefficient (Wildman–Crippen LogP) is 2.24. The SMILES string of the molecule is CCN(/C=C(/C#N)C(=O)N1CCC(C(=O)O)CC1)Cc1ccccc1. The van der Waals surface area contributed by atoms with Crippen molar-refractivity contribution >= 4 is 11.9 Å². The van der Waals surface area contributed by atoms with Crippen molar-refractivity contribution < 1.29 is 14.7 Å². The monoisotopic (exact) mass is 341 g/mol. The van der Waals surface area contributed by atoms with Gasteiger partial charge in [0.15, 0.2) is 0 Å². The second-order valence-corrected chi connectivity index (χ2v) is 6.11. The van der Waals surface area contributed by atoms with Gasteiger partial charge in [-0.3, -0.25) is 9.59 Å². The van der Waals surface area contributed by atoms with Crippen LogP contribution in [0.3, 0.4) is 0 Å². The molecule has 1 amide bonds. The number of hydrogen-bond acceptors (Lipinski definition) is 4. The van der Waals surface area contributed by atoms with Crippen LogP contribution in [0.5, 0.6) is 0 Å². The summed E-state index contributed by atoms with van der Waals surface area (Å²) < 4.78 is 0. The molecule has 1 heterocycles. The fraction of sp³-hybridized carbons (Fsp3) is 0.421. The summed E-state index contributed by atoms with van der Waals surface area (Å²) >= 11 is 0. The van der Waals surface area contributed by atoms with Crippen molar-refractivity contribution in [2.75, 3.05) is 19.6 Å². The Morgan fingerprint density at radius 1 is 1.32 bits per heavy atom. The molecule has 6 nitrogen and oxygen atoms in total. The second-order valence-electron chi connectivity index (χ2n) is 6.11. The van der Waals surface area contributed by atoms with Crippen molar-refractivity contribution in [3.63, 3.8) is 0 Å². The molecule has 25 heavy (non-hydrogen) atoms. The van der Waals surface area contributed by atoms with Crippen LogP contribution in [0.15, 0.2) is 42.1 Å². The minimum atomic E-state index is -0.817. The van der Waals surface area contributed by atoms with Gasteiger partial charge in [-0.1, -0.05) is 30.3 Å². The highest BCUT2D eigenvalue weighted by Gasteiger charge is 2.28. The maximum Gasteiger partial charge on any atom is 0.306 e. The van der Waals surface area contributed by atoms with Crippen LogP contribution in [0.2, 0.25) is 0 Å². The summed E-state index contributed by atoms with van der Waals surface area (Å²) in [6.45, 7) is 4.02. The predicted molar refractivity (Wildman–Crippen MR) is 93.2 cm³/mol. The highest BCUT2D eigenvalue weighted by atomic mass is 16.4. The van der Waals surface area contributed by atoms with E-state index < -0.39 is 11.9 Å². The molecule has 1 aliphatic heterocycles. The Morgan fingerprint density at radius 3 is 2.48 bits per heavy atom. The third kappa shape index (κ3) is 5.08. The summed E-state index contributed by atoms with van der Waals surface area (Å²) in [4.78, 5) is 27.1. The number of carbonyl (C=O) groups is 2. The third-order valence-electron chi connectivity index (χ3n) is 4.43. The molecule has 0 atom stereocenters. The van der Waals surface area contributed by atoms with E-state index in [0.29, 0.717) is 39.0 Å². The molecule has 1 fully saturated rings. The number of rotatable bonds is 6. The van der Waals surface area contributed by atoms with E-state index in [2.05, 4.69) is 0 Å². The van der Waals surface area contributed by atoms with Gasteiger partial charge >= 0.3 is 5.97 Å². The van der Waals surface area contributed by atoms with E-state index in [4.69, 9.17) is 5.11 Å². The van der Waals surface area contributed by atoms with Crippen LogP contribution in [-0.4, -0.2) is 46.4 Å². The molecule has 1 aliphatic rings. The zero-order valence-electron chi connectivity index (χ0n) is 14.4. The van der Waals surface area contributed by atoms with Gasteiger partial charge < -0.3 is 14.9 Å². The average molecular weight is 341 g/mol. The maximum absolute atomic E-state index is 12.6. The van der Waals surface area contributed by atoms with E-state index in [1.165, 1.54) is 0 Å². The minimum absolute atomic E-state index is 0.0894. The summed E-state index contributed by atoms with van der Waals surface area (Å²) in [6.07, 6.45) is 2.47. The molecule has 1 aromatic carbocycles. The molecular weight excluding hydrogens is 318 g/mol. The van der Waals surface area contributed by atoms with Crippen molar-refractivity contribution in [2.24, 2.45) is 5.92 Å². The molecule has 0 spiro atoms. The van der Waals surface area contributed by atoms with Crippen molar-refractivity contribution in [3.8, 4) is 6.07 Å². The largest absolute Gasteiger partial charge is 0.481 e. The fourth-order valence-electron chi connectivity index (χ4n) is 2.88. The second kappa shape index (κ2) is 8.88. The summed E-state index contributed by atoms with van der Waals surface area (Å²) in [5.41, 5.74) is 1.19. The molecule has 0 radical (unpaired) electrons. The third-order valence-corrected chi connectivity index (χ3v) is 4.43. The van der Waals surface area contributed by atoms with Crippen molar-refractivity contribution in [1.29, 1.82) is 5.26 Å². The van der Waals surface area contributed by atoms with Crippen molar-refractivity contribution in [2.45, 2.75) is 26.3 Å². The molecule has 0 aromatic heterocycles. The first kappa shape index (κ1) is 18.5. The number of carboxylic acids is 1. The van der Waals surface area contributed by atoms with Crippen LogP contribution in [0.1, 0.15) is 25.3 Å². The molecule has 6 heteroatoms. The highest BCUT2D eigenvalue weighted by molar-refractivity contribution is 5.97. The first-order chi connectivity index (χ1) is 12.0. The minimum Gasteiger partial charge on any atom is -0.481 e. The Labute approximate surface area is 148 Å². The number of aliphatic carboxylic acids is 1. The highest BCUT2D eigenvalue weighted by Crippen LogP contribution is 2.19. The topological polar surface area (TPSA) is 84.6 Å². The van der Waals surface area contributed by atoms with Gasteiger partial charge in [0.2, 0.25) is 0 Å². The fourth-order valence-corrected chi connectivity index (χ4v) is 2.88. The molecule has 1 N–H and O–H groups in total. The van der Waals surface area contributed by atoms with Gasteiger partial charge in [-0.05, 0) is 25.3 Å². The first-order valence-corrected chi connectivity index (χ1v) is 8.47. The van der Waals surface area contributed by atoms with Crippen molar-refractivity contribution in [3.05, 3.63) is 47.7 Å². The van der Waals surface area contributed by atoms with Crippen LogP contribution in [0.25, 0.3) is 0 Å². The Morgan fingerprint density at radius 2 is 1.96 bits per heavy atom. The van der Waals surface area contributed by atoms with E-state index in [-0.39, 0.29) is 11.5 Å². The van der Waals surface area contributed by atoms with Gasteiger partial charge in [0.1, 0.15) is 11.6 Å². The summed E-state index contributed by atoms with van der Waals surface area (Å²) in [6, 6.07) is 11.9. The molecule has 132 valence electrons. The molecular formula is C19H23N3O3. The molecule has 0 aliphatic carbocycles. The molecule has 0 saturated carbocycles. The summed E-state index contributed by atoms with van der Waals surface area (Å²) in [5.74, 6) is -1.54. The molecule has 0 bridgehead atoms. The number of likely N-dealkylation sites (tertiary alicyclic amines) is 1. The summed E-state index contributed by atoms with van der Waals surface area (Å²) in [7, 11) is 0. The van der Waals surface area contributed by atoms with E-state index in [9.17, 15) is 14.9 Å². The Balaban J connectivity index is 2.04. The van der Waals surface area contributed by atoms with Gasteiger partial charge in [0, 0.05) is 32.4 Å². The standard InChI is InChI=1S/C19H23N3O3/c1-2-21(13-15-6-4-3-5-7-15)14-17(12-20)18(23)22-10-8-16(9-11-22)19(24)25/h3-7,14,16H,2,8-11,13H2,1H3,(H,24,25)/b17-14-. The Bertz CT molecular complexity index is 671. The van der Waals surface area contributed by atoms with E-state index in [1.54, 1.807) is 11.1 Å². The van der Waals surface area contributed by atoms with Gasteiger partial charge in [-0.2, -0.15) is 5.26 Å². The van der Waals surface area contributed by atoms with E-state index >= 15 is 0 Å². The first-order valence-electron chi connectivity index (χ1n) is 8.47. The van der Waals surface area contributed by atoms with Crippen LogP contribution in [-0.2, 0) is 16.1 Å². The quantitative estimate of drug-likeness (QED) is 0.633. The van der Waals surface area contributed by atoms with Crippen molar-refractivity contribution in [1.82, 2.24) is 9.80 Å². The molecule has 1 aromatic rings. The number of hydrogen-bond donors (Lipinski definition) is 1.